The maximum absolute atomic E-state index is 12.5. The molecule has 7 nitrogen and oxygen atoms in total. The van der Waals surface area contributed by atoms with Gasteiger partial charge in [-0.05, 0) is 24.6 Å². The van der Waals surface area contributed by atoms with E-state index in [2.05, 4.69) is 21.1 Å². The lowest BCUT2D eigenvalue weighted by atomic mass is 10.1. The number of thioether (sulfide) groups is 1. The van der Waals surface area contributed by atoms with Gasteiger partial charge >= 0.3 is 0 Å². The molecule has 1 saturated heterocycles. The van der Waals surface area contributed by atoms with Gasteiger partial charge in [0.25, 0.3) is 0 Å². The molecule has 1 fully saturated rings. The van der Waals surface area contributed by atoms with E-state index >= 15 is 0 Å². The molecule has 1 amide bonds. The van der Waals surface area contributed by atoms with Gasteiger partial charge in [-0.1, -0.05) is 47.1 Å². The zero-order valence-electron chi connectivity index (χ0n) is 18.0. The first-order valence-electron chi connectivity index (χ1n) is 10.6. The Balaban J connectivity index is 1.19. The van der Waals surface area contributed by atoms with Gasteiger partial charge in [-0.2, -0.15) is 10.2 Å². The maximum Gasteiger partial charge on any atom is 0.241 e. The van der Waals surface area contributed by atoms with Gasteiger partial charge in [0.15, 0.2) is 0 Å². The standard InChI is InChI=1S/C24H25N5O2S/c1-18-2-8-21(9-3-18)24-26-22(31-27-24)15-28-10-12-29(13-11-28)23(30)17-32-16-20-6-4-19(14-25)5-7-20/h2-9H,10-13,15-17H2,1H3. The SMILES string of the molecule is Cc1ccc(-c2noc(CN3CCN(C(=O)CSCc4ccc(C#N)cc4)CC3)n2)cc1. The number of piperazine rings is 1. The fourth-order valence-corrected chi connectivity index (χ4v) is 4.40. The van der Waals surface area contributed by atoms with Gasteiger partial charge in [0.1, 0.15) is 0 Å². The second-order valence-corrected chi connectivity index (χ2v) is 8.82. The molecule has 0 unspecified atom stereocenters. The van der Waals surface area contributed by atoms with Crippen LogP contribution in [0.3, 0.4) is 0 Å². The van der Waals surface area contributed by atoms with Crippen molar-refractivity contribution < 1.29 is 9.32 Å². The van der Waals surface area contributed by atoms with Crippen LogP contribution in [-0.2, 0) is 17.1 Å². The highest BCUT2D eigenvalue weighted by Crippen LogP contribution is 2.18. The van der Waals surface area contributed by atoms with E-state index in [1.54, 1.807) is 11.8 Å². The minimum absolute atomic E-state index is 0.169. The average Bonchev–Trinajstić information content (AvgIpc) is 3.29. The van der Waals surface area contributed by atoms with Crippen molar-refractivity contribution in [2.45, 2.75) is 19.2 Å². The second-order valence-electron chi connectivity index (χ2n) is 7.84. The number of rotatable bonds is 7. The van der Waals surface area contributed by atoms with E-state index in [4.69, 9.17) is 9.78 Å². The van der Waals surface area contributed by atoms with Gasteiger partial charge in [0.05, 0.1) is 23.9 Å². The third kappa shape index (κ3) is 5.75. The predicted octanol–water partition coefficient (Wildman–Crippen LogP) is 3.49. The first-order valence-corrected chi connectivity index (χ1v) is 11.7. The fraction of sp³-hybridized carbons (Fsp3) is 0.333. The molecule has 8 heteroatoms. The number of nitriles is 1. The Hall–Kier alpha value is -3.15. The molecule has 1 aromatic heterocycles. The van der Waals surface area contributed by atoms with E-state index in [1.165, 1.54) is 5.56 Å². The van der Waals surface area contributed by atoms with E-state index in [1.807, 2.05) is 60.4 Å². The summed E-state index contributed by atoms with van der Waals surface area (Å²) in [5, 5.41) is 13.0. The van der Waals surface area contributed by atoms with E-state index in [0.29, 0.717) is 42.7 Å². The highest BCUT2D eigenvalue weighted by molar-refractivity contribution is 7.99. The molecule has 0 saturated carbocycles. The van der Waals surface area contributed by atoms with Crippen LogP contribution in [0.15, 0.2) is 53.1 Å². The van der Waals surface area contributed by atoms with Crippen molar-refractivity contribution >= 4 is 17.7 Å². The van der Waals surface area contributed by atoms with Crippen LogP contribution in [0.4, 0.5) is 0 Å². The molecule has 1 aliphatic rings. The van der Waals surface area contributed by atoms with E-state index < -0.39 is 0 Å². The minimum atomic E-state index is 0.169. The average molecular weight is 448 g/mol. The molecule has 0 N–H and O–H groups in total. The van der Waals surface area contributed by atoms with Crippen molar-refractivity contribution in [3.05, 3.63) is 71.1 Å². The molecule has 2 heterocycles. The summed E-state index contributed by atoms with van der Waals surface area (Å²) in [6.07, 6.45) is 0. The number of nitrogens with zero attached hydrogens (tertiary/aromatic N) is 5. The van der Waals surface area contributed by atoms with Gasteiger partial charge in [-0.3, -0.25) is 9.69 Å². The smallest absolute Gasteiger partial charge is 0.241 e. The summed E-state index contributed by atoms with van der Waals surface area (Å²) in [5.41, 5.74) is 3.91. The molecular formula is C24H25N5O2S. The molecule has 1 aliphatic heterocycles. The molecule has 0 radical (unpaired) electrons. The molecular weight excluding hydrogens is 422 g/mol. The van der Waals surface area contributed by atoms with Crippen molar-refractivity contribution in [2.75, 3.05) is 31.9 Å². The van der Waals surface area contributed by atoms with Gasteiger partial charge in [0.2, 0.25) is 17.6 Å². The highest BCUT2D eigenvalue weighted by atomic mass is 32.2. The molecule has 0 bridgehead atoms. The van der Waals surface area contributed by atoms with Crippen LogP contribution in [0.2, 0.25) is 0 Å². The van der Waals surface area contributed by atoms with Crippen molar-refractivity contribution in [1.29, 1.82) is 5.26 Å². The summed E-state index contributed by atoms with van der Waals surface area (Å²) in [6, 6.07) is 17.7. The molecule has 4 rings (SSSR count). The monoisotopic (exact) mass is 447 g/mol. The van der Waals surface area contributed by atoms with Crippen LogP contribution in [0.5, 0.6) is 0 Å². The van der Waals surface area contributed by atoms with Crippen LogP contribution < -0.4 is 0 Å². The highest BCUT2D eigenvalue weighted by Gasteiger charge is 2.22. The lowest BCUT2D eigenvalue weighted by Crippen LogP contribution is -2.48. The van der Waals surface area contributed by atoms with Gasteiger partial charge in [0, 0.05) is 37.5 Å². The number of aromatic nitrogens is 2. The third-order valence-electron chi connectivity index (χ3n) is 5.44. The first-order chi connectivity index (χ1) is 15.6. The van der Waals surface area contributed by atoms with E-state index in [9.17, 15) is 4.79 Å². The summed E-state index contributed by atoms with van der Waals surface area (Å²) in [5.74, 6) is 2.59. The molecule has 0 atom stereocenters. The molecule has 0 aliphatic carbocycles. The number of hydrogen-bond donors (Lipinski definition) is 0. The number of aryl methyl sites for hydroxylation is 1. The van der Waals surface area contributed by atoms with Crippen LogP contribution in [-0.4, -0.2) is 57.8 Å². The van der Waals surface area contributed by atoms with Crippen LogP contribution in [0.1, 0.15) is 22.6 Å². The molecule has 3 aromatic rings. The van der Waals surface area contributed by atoms with Crippen LogP contribution >= 0.6 is 11.8 Å². The number of hydrogen-bond acceptors (Lipinski definition) is 7. The summed E-state index contributed by atoms with van der Waals surface area (Å²) < 4.78 is 5.43. The van der Waals surface area contributed by atoms with E-state index in [0.717, 1.165) is 30.0 Å². The Morgan fingerprint density at radius 2 is 1.81 bits per heavy atom. The zero-order valence-corrected chi connectivity index (χ0v) is 18.8. The Bertz CT molecular complexity index is 1080. The van der Waals surface area contributed by atoms with Gasteiger partial charge < -0.3 is 9.42 Å². The van der Waals surface area contributed by atoms with E-state index in [-0.39, 0.29) is 5.91 Å². The number of carbonyl (C=O) groups excluding carboxylic acids is 1. The fourth-order valence-electron chi connectivity index (χ4n) is 3.51. The molecule has 164 valence electrons. The summed E-state index contributed by atoms with van der Waals surface area (Å²) >= 11 is 1.61. The second kappa shape index (κ2) is 10.4. The Labute approximate surface area is 192 Å². The van der Waals surface area contributed by atoms with Crippen molar-refractivity contribution in [1.82, 2.24) is 19.9 Å². The third-order valence-corrected chi connectivity index (χ3v) is 6.43. The van der Waals surface area contributed by atoms with Crippen molar-refractivity contribution in [3.8, 4) is 17.5 Å². The Morgan fingerprint density at radius 1 is 1.09 bits per heavy atom. The summed E-state index contributed by atoms with van der Waals surface area (Å²) in [6.45, 7) is 5.62. The maximum atomic E-state index is 12.5. The Kier molecular flexibility index (Phi) is 7.20. The molecule has 32 heavy (non-hydrogen) atoms. The lowest BCUT2D eigenvalue weighted by Gasteiger charge is -2.33. The number of amides is 1. The molecule has 2 aromatic carbocycles. The topological polar surface area (TPSA) is 86.3 Å². The van der Waals surface area contributed by atoms with Crippen molar-refractivity contribution in [3.63, 3.8) is 0 Å². The summed E-state index contributed by atoms with van der Waals surface area (Å²) in [4.78, 5) is 21.2. The molecule has 0 spiro atoms. The minimum Gasteiger partial charge on any atom is -0.339 e. The van der Waals surface area contributed by atoms with Crippen molar-refractivity contribution in [2.24, 2.45) is 0 Å². The van der Waals surface area contributed by atoms with Gasteiger partial charge in [-0.25, -0.2) is 0 Å². The Morgan fingerprint density at radius 3 is 2.50 bits per heavy atom. The quantitative estimate of drug-likeness (QED) is 0.548. The zero-order chi connectivity index (χ0) is 22.3. The number of benzene rings is 2. The van der Waals surface area contributed by atoms with Crippen LogP contribution in [0, 0.1) is 18.3 Å². The summed E-state index contributed by atoms with van der Waals surface area (Å²) in [7, 11) is 0. The largest absolute Gasteiger partial charge is 0.339 e. The van der Waals surface area contributed by atoms with Gasteiger partial charge in [-0.15, -0.1) is 11.8 Å². The first kappa shape index (κ1) is 22.1. The lowest BCUT2D eigenvalue weighted by molar-refractivity contribution is -0.130. The normalized spacial score (nSPS) is 14.3. The van der Waals surface area contributed by atoms with Crippen LogP contribution in [0.25, 0.3) is 11.4 Å². The number of carbonyl (C=O) groups is 1. The predicted molar refractivity (Wildman–Crippen MR) is 124 cm³/mol.